The molecule has 0 aromatic heterocycles. The summed E-state index contributed by atoms with van der Waals surface area (Å²) in [5.74, 6) is -0.885. The van der Waals surface area contributed by atoms with Crippen molar-refractivity contribution in [1.29, 1.82) is 0 Å². The molecule has 0 radical (unpaired) electrons. The molecule has 2 aliphatic heterocycles. The predicted molar refractivity (Wildman–Crippen MR) is 105 cm³/mol. The number of hydrogen-bond donors (Lipinski definition) is 1. The van der Waals surface area contributed by atoms with Gasteiger partial charge >= 0.3 is 6.03 Å². The average molecular weight is 391 g/mol. The molecule has 0 unspecified atom stereocenters. The van der Waals surface area contributed by atoms with Crippen molar-refractivity contribution in [1.82, 2.24) is 15.1 Å². The maximum absolute atomic E-state index is 12.9. The lowest BCUT2D eigenvalue weighted by Gasteiger charge is -2.22. The van der Waals surface area contributed by atoms with Gasteiger partial charge in [-0.05, 0) is 37.5 Å². The Morgan fingerprint density at radius 1 is 0.759 bits per heavy atom. The fourth-order valence-electron chi connectivity index (χ4n) is 3.85. The largest absolute Gasteiger partial charge is 0.325 e. The van der Waals surface area contributed by atoms with Crippen molar-refractivity contribution >= 4 is 23.8 Å². The lowest BCUT2D eigenvalue weighted by molar-refractivity contribution is -0.131. The van der Waals surface area contributed by atoms with Crippen LogP contribution in [0.3, 0.4) is 0 Å². The Morgan fingerprint density at radius 3 is 1.86 bits per heavy atom. The van der Waals surface area contributed by atoms with Crippen LogP contribution in [0, 0.1) is 0 Å². The van der Waals surface area contributed by atoms with E-state index in [-0.39, 0.29) is 30.8 Å². The Bertz CT molecular complexity index is 969. The summed E-state index contributed by atoms with van der Waals surface area (Å²) in [4.78, 5) is 52.4. The summed E-state index contributed by atoms with van der Waals surface area (Å²) in [6, 6.07) is 15.4. The molecule has 0 saturated carbocycles. The summed E-state index contributed by atoms with van der Waals surface area (Å²) >= 11 is 0. The van der Waals surface area contributed by atoms with E-state index in [1.165, 1.54) is 9.80 Å². The van der Waals surface area contributed by atoms with Gasteiger partial charge in [-0.2, -0.15) is 0 Å². The number of fused-ring (bicyclic) bond motifs is 1. The van der Waals surface area contributed by atoms with Crippen molar-refractivity contribution in [2.45, 2.75) is 25.3 Å². The monoisotopic (exact) mass is 391 g/mol. The normalized spacial score (nSPS) is 21.0. The minimum Gasteiger partial charge on any atom is -0.319 e. The van der Waals surface area contributed by atoms with Gasteiger partial charge < -0.3 is 5.32 Å². The Balaban J connectivity index is 1.35. The van der Waals surface area contributed by atoms with Gasteiger partial charge in [0.25, 0.3) is 17.7 Å². The fraction of sp³-hybridized carbons (Fsp3) is 0.273. The summed E-state index contributed by atoms with van der Waals surface area (Å²) in [6.07, 6.45) is 1.00. The molecule has 148 valence electrons. The fourth-order valence-corrected chi connectivity index (χ4v) is 3.85. The molecule has 1 saturated heterocycles. The number of nitrogens with zero attached hydrogens (tertiary/aromatic N) is 2. The van der Waals surface area contributed by atoms with Crippen molar-refractivity contribution in [2.24, 2.45) is 0 Å². The number of imide groups is 2. The van der Waals surface area contributed by atoms with E-state index in [4.69, 9.17) is 0 Å². The molecular formula is C22H21N3O4. The number of amides is 5. The summed E-state index contributed by atoms with van der Waals surface area (Å²) < 4.78 is 0. The molecule has 2 aliphatic rings. The standard InChI is InChI=1S/C22H21N3O4/c1-22(15-9-3-2-4-10-15)20(28)25(21(29)23-22)14-8-7-13-24-18(26)16-11-5-6-12-17(16)19(24)27/h2-6,9-12H,7-8,13-14H2,1H3,(H,23,29)/t22-/m0/s1. The first-order valence-electron chi connectivity index (χ1n) is 9.58. The maximum Gasteiger partial charge on any atom is 0.325 e. The van der Waals surface area contributed by atoms with Gasteiger partial charge in [-0.15, -0.1) is 0 Å². The van der Waals surface area contributed by atoms with E-state index >= 15 is 0 Å². The van der Waals surface area contributed by atoms with Crippen LogP contribution in [0.1, 0.15) is 46.0 Å². The summed E-state index contributed by atoms with van der Waals surface area (Å²) in [6.45, 7) is 2.18. The molecule has 0 bridgehead atoms. The van der Waals surface area contributed by atoms with Crippen LogP contribution in [-0.2, 0) is 10.3 Å². The highest BCUT2D eigenvalue weighted by Crippen LogP contribution is 2.29. The van der Waals surface area contributed by atoms with Crippen molar-refractivity contribution < 1.29 is 19.2 Å². The molecule has 4 rings (SSSR count). The summed E-state index contributed by atoms with van der Waals surface area (Å²) in [5, 5.41) is 2.77. The van der Waals surface area contributed by atoms with Crippen LogP contribution in [0.15, 0.2) is 54.6 Å². The van der Waals surface area contributed by atoms with Crippen LogP contribution < -0.4 is 5.32 Å². The molecule has 1 fully saturated rings. The van der Waals surface area contributed by atoms with E-state index in [0.717, 1.165) is 5.56 Å². The zero-order valence-electron chi connectivity index (χ0n) is 16.1. The van der Waals surface area contributed by atoms with Crippen LogP contribution in [0.2, 0.25) is 0 Å². The van der Waals surface area contributed by atoms with Gasteiger partial charge in [0.2, 0.25) is 0 Å². The third-order valence-electron chi connectivity index (χ3n) is 5.52. The quantitative estimate of drug-likeness (QED) is 0.466. The van der Waals surface area contributed by atoms with Crippen molar-refractivity contribution in [3.63, 3.8) is 0 Å². The molecule has 7 heteroatoms. The third kappa shape index (κ3) is 3.08. The first kappa shape index (κ1) is 18.9. The number of benzene rings is 2. The van der Waals surface area contributed by atoms with E-state index < -0.39 is 11.6 Å². The van der Waals surface area contributed by atoms with Gasteiger partial charge in [-0.3, -0.25) is 24.2 Å². The summed E-state index contributed by atoms with van der Waals surface area (Å²) in [5.41, 5.74) is 0.489. The minimum atomic E-state index is -1.08. The molecule has 0 aliphatic carbocycles. The van der Waals surface area contributed by atoms with Gasteiger partial charge in [0, 0.05) is 13.1 Å². The molecule has 2 aromatic carbocycles. The third-order valence-corrected chi connectivity index (χ3v) is 5.52. The van der Waals surface area contributed by atoms with E-state index in [9.17, 15) is 19.2 Å². The van der Waals surface area contributed by atoms with Crippen molar-refractivity contribution in [3.8, 4) is 0 Å². The Labute approximate surface area is 168 Å². The number of hydrogen-bond acceptors (Lipinski definition) is 4. The molecule has 2 aromatic rings. The Hall–Kier alpha value is -3.48. The van der Waals surface area contributed by atoms with Gasteiger partial charge in [-0.25, -0.2) is 4.79 Å². The van der Waals surface area contributed by atoms with Gasteiger partial charge in [-0.1, -0.05) is 42.5 Å². The zero-order valence-corrected chi connectivity index (χ0v) is 16.1. The molecule has 29 heavy (non-hydrogen) atoms. The lowest BCUT2D eigenvalue weighted by Crippen LogP contribution is -2.41. The van der Waals surface area contributed by atoms with E-state index in [0.29, 0.717) is 24.0 Å². The van der Waals surface area contributed by atoms with Crippen LogP contribution in [0.25, 0.3) is 0 Å². The highest BCUT2D eigenvalue weighted by molar-refractivity contribution is 6.21. The highest BCUT2D eigenvalue weighted by Gasteiger charge is 2.48. The van der Waals surface area contributed by atoms with E-state index in [1.54, 1.807) is 31.2 Å². The van der Waals surface area contributed by atoms with Crippen molar-refractivity contribution in [3.05, 3.63) is 71.3 Å². The smallest absolute Gasteiger partial charge is 0.319 e. The van der Waals surface area contributed by atoms with Crippen LogP contribution in [0.4, 0.5) is 4.79 Å². The van der Waals surface area contributed by atoms with Crippen molar-refractivity contribution in [2.75, 3.05) is 13.1 Å². The first-order valence-corrected chi connectivity index (χ1v) is 9.58. The predicted octanol–water partition coefficient (Wildman–Crippen LogP) is 2.53. The molecule has 2 heterocycles. The SMILES string of the molecule is C[C@@]1(c2ccccc2)NC(=O)N(CCCCN2C(=O)c3ccccc3C2=O)C1=O. The van der Waals surface area contributed by atoms with Crippen LogP contribution >= 0.6 is 0 Å². The number of rotatable bonds is 6. The number of unbranched alkanes of at least 4 members (excludes halogenated alkanes) is 1. The second-order valence-corrected chi connectivity index (χ2v) is 7.39. The first-order chi connectivity index (χ1) is 13.9. The topological polar surface area (TPSA) is 86.8 Å². The van der Waals surface area contributed by atoms with E-state index in [2.05, 4.69) is 5.32 Å². The molecule has 7 nitrogen and oxygen atoms in total. The van der Waals surface area contributed by atoms with Crippen LogP contribution in [0.5, 0.6) is 0 Å². The second kappa shape index (κ2) is 7.16. The molecule has 5 amide bonds. The summed E-state index contributed by atoms with van der Waals surface area (Å²) in [7, 11) is 0. The number of urea groups is 1. The number of carbonyl (C=O) groups is 4. The Kier molecular flexibility index (Phi) is 4.66. The highest BCUT2D eigenvalue weighted by atomic mass is 16.2. The second-order valence-electron chi connectivity index (χ2n) is 7.39. The number of nitrogens with one attached hydrogen (secondary N) is 1. The van der Waals surface area contributed by atoms with Gasteiger partial charge in [0.1, 0.15) is 5.54 Å². The van der Waals surface area contributed by atoms with E-state index in [1.807, 2.05) is 30.3 Å². The zero-order chi connectivity index (χ0) is 20.6. The lowest BCUT2D eigenvalue weighted by atomic mass is 9.92. The van der Waals surface area contributed by atoms with Crippen LogP contribution in [-0.4, -0.2) is 46.6 Å². The van der Waals surface area contributed by atoms with Gasteiger partial charge in [0.15, 0.2) is 0 Å². The molecule has 1 N–H and O–H groups in total. The maximum atomic E-state index is 12.9. The molecule has 0 spiro atoms. The Morgan fingerprint density at radius 2 is 1.28 bits per heavy atom. The molecular weight excluding hydrogens is 370 g/mol. The van der Waals surface area contributed by atoms with Gasteiger partial charge in [0.05, 0.1) is 11.1 Å². The minimum absolute atomic E-state index is 0.232. The molecule has 1 atom stereocenters. The number of carbonyl (C=O) groups excluding carboxylic acids is 4. The average Bonchev–Trinajstić information content (AvgIpc) is 3.11.